The highest BCUT2D eigenvalue weighted by Crippen LogP contribution is 2.28. The zero-order chi connectivity index (χ0) is 24.9. The van der Waals surface area contributed by atoms with Crippen LogP contribution in [-0.2, 0) is 6.54 Å². The molecule has 5 rings (SSSR count). The number of rotatable bonds is 9. The van der Waals surface area contributed by atoms with Crippen molar-refractivity contribution in [1.29, 1.82) is 0 Å². The molecule has 1 unspecified atom stereocenters. The topological polar surface area (TPSA) is 91.5 Å². The summed E-state index contributed by atoms with van der Waals surface area (Å²) in [5, 5.41) is 17.5. The molecule has 3 aromatic heterocycles. The van der Waals surface area contributed by atoms with Gasteiger partial charge >= 0.3 is 0 Å². The molecule has 36 heavy (non-hydrogen) atoms. The van der Waals surface area contributed by atoms with Crippen LogP contribution in [0.25, 0.3) is 16.9 Å². The van der Waals surface area contributed by atoms with Gasteiger partial charge in [0.2, 0.25) is 11.9 Å². The van der Waals surface area contributed by atoms with Crippen LogP contribution in [0.5, 0.6) is 0 Å². The van der Waals surface area contributed by atoms with Crippen LogP contribution < -0.4 is 10.2 Å². The molecule has 2 N–H and O–H groups in total. The van der Waals surface area contributed by atoms with E-state index in [9.17, 15) is 5.11 Å². The van der Waals surface area contributed by atoms with Gasteiger partial charge in [-0.3, -0.25) is 4.98 Å². The maximum atomic E-state index is 9.39. The van der Waals surface area contributed by atoms with Gasteiger partial charge in [0.15, 0.2) is 5.65 Å². The molecule has 0 bridgehead atoms. The van der Waals surface area contributed by atoms with Crippen LogP contribution in [0.15, 0.2) is 54.9 Å². The standard InChI is InChI=1S/C28H35N7O/c1-20(2)24-19-31-35-26(24)32-28(34-16-6-4-8-23(34)9-7-17-36)33-27(35)30-18-21-11-13-22(14-12-21)25-10-3-5-15-29-25/h3,5,10-15,19-20,23,36H,4,6-9,16-18H2,1-2H3,(H,30,32,33). The van der Waals surface area contributed by atoms with Crippen molar-refractivity contribution in [3.05, 3.63) is 66.0 Å². The van der Waals surface area contributed by atoms with Crippen molar-refractivity contribution in [2.75, 3.05) is 23.4 Å². The van der Waals surface area contributed by atoms with Crippen molar-refractivity contribution in [2.24, 2.45) is 0 Å². The van der Waals surface area contributed by atoms with Gasteiger partial charge in [0, 0.05) is 43.1 Å². The molecule has 0 saturated carbocycles. The maximum absolute atomic E-state index is 9.39. The zero-order valence-corrected chi connectivity index (χ0v) is 21.1. The molecule has 1 atom stereocenters. The number of aromatic nitrogens is 5. The third-order valence-corrected chi connectivity index (χ3v) is 6.95. The van der Waals surface area contributed by atoms with E-state index < -0.39 is 0 Å². The number of anilines is 2. The number of aliphatic hydroxyl groups is 1. The fourth-order valence-corrected chi connectivity index (χ4v) is 4.93. The summed E-state index contributed by atoms with van der Waals surface area (Å²) >= 11 is 0. The quantitative estimate of drug-likeness (QED) is 0.343. The van der Waals surface area contributed by atoms with E-state index >= 15 is 0 Å². The Morgan fingerprint density at radius 1 is 1.08 bits per heavy atom. The number of benzene rings is 1. The van der Waals surface area contributed by atoms with Crippen molar-refractivity contribution in [2.45, 2.75) is 64.5 Å². The van der Waals surface area contributed by atoms with Crippen LogP contribution in [0.4, 0.5) is 11.9 Å². The number of pyridine rings is 1. The third kappa shape index (κ3) is 5.18. The highest BCUT2D eigenvalue weighted by Gasteiger charge is 2.26. The van der Waals surface area contributed by atoms with Crippen molar-refractivity contribution >= 4 is 17.5 Å². The Hall–Kier alpha value is -3.52. The van der Waals surface area contributed by atoms with E-state index in [4.69, 9.17) is 9.97 Å². The lowest BCUT2D eigenvalue weighted by Gasteiger charge is -2.36. The summed E-state index contributed by atoms with van der Waals surface area (Å²) in [4.78, 5) is 16.7. The summed E-state index contributed by atoms with van der Waals surface area (Å²) in [6, 6.07) is 14.7. The van der Waals surface area contributed by atoms with Gasteiger partial charge in [-0.1, -0.05) is 44.2 Å². The van der Waals surface area contributed by atoms with Crippen LogP contribution in [-0.4, -0.2) is 48.9 Å². The Balaban J connectivity index is 1.43. The minimum Gasteiger partial charge on any atom is -0.396 e. The molecule has 1 aromatic carbocycles. The van der Waals surface area contributed by atoms with E-state index in [1.165, 1.54) is 6.42 Å². The number of aliphatic hydroxyl groups excluding tert-OH is 1. The lowest BCUT2D eigenvalue weighted by Crippen LogP contribution is -2.41. The van der Waals surface area contributed by atoms with Crippen LogP contribution in [0.2, 0.25) is 0 Å². The highest BCUT2D eigenvalue weighted by atomic mass is 16.2. The molecule has 8 nitrogen and oxygen atoms in total. The second-order valence-electron chi connectivity index (χ2n) is 9.81. The molecular formula is C28H35N7O. The molecule has 1 aliphatic heterocycles. The third-order valence-electron chi connectivity index (χ3n) is 6.95. The monoisotopic (exact) mass is 485 g/mol. The number of hydrogen-bond donors (Lipinski definition) is 2. The van der Waals surface area contributed by atoms with Crippen LogP contribution in [0.3, 0.4) is 0 Å². The summed E-state index contributed by atoms with van der Waals surface area (Å²) in [5.74, 6) is 1.76. The van der Waals surface area contributed by atoms with E-state index in [0.29, 0.717) is 24.5 Å². The summed E-state index contributed by atoms with van der Waals surface area (Å²) in [7, 11) is 0. The number of nitrogens with zero attached hydrogens (tertiary/aromatic N) is 6. The lowest BCUT2D eigenvalue weighted by molar-refractivity contribution is 0.273. The summed E-state index contributed by atoms with van der Waals surface area (Å²) in [5.41, 5.74) is 5.19. The first kappa shape index (κ1) is 24.2. The van der Waals surface area contributed by atoms with Crippen LogP contribution in [0, 0.1) is 0 Å². The second-order valence-corrected chi connectivity index (χ2v) is 9.81. The van der Waals surface area contributed by atoms with Crippen LogP contribution in [0.1, 0.15) is 63.0 Å². The van der Waals surface area contributed by atoms with Crippen molar-refractivity contribution < 1.29 is 5.11 Å². The first-order chi connectivity index (χ1) is 17.6. The predicted octanol–water partition coefficient (Wildman–Crippen LogP) is 5.05. The van der Waals surface area contributed by atoms with Crippen molar-refractivity contribution in [3.8, 4) is 11.3 Å². The molecular weight excluding hydrogens is 450 g/mol. The molecule has 1 fully saturated rings. The van der Waals surface area contributed by atoms with Crippen LogP contribution >= 0.6 is 0 Å². The predicted molar refractivity (Wildman–Crippen MR) is 143 cm³/mol. The molecule has 188 valence electrons. The smallest absolute Gasteiger partial charge is 0.230 e. The molecule has 0 radical (unpaired) electrons. The molecule has 0 spiro atoms. The van der Waals surface area contributed by atoms with Gasteiger partial charge < -0.3 is 15.3 Å². The molecule has 0 amide bonds. The lowest BCUT2D eigenvalue weighted by atomic mass is 9.98. The fraction of sp³-hybridized carbons (Fsp3) is 0.429. The largest absolute Gasteiger partial charge is 0.396 e. The van der Waals surface area contributed by atoms with Gasteiger partial charge in [0.25, 0.3) is 0 Å². The Morgan fingerprint density at radius 3 is 2.69 bits per heavy atom. The van der Waals surface area contributed by atoms with Gasteiger partial charge in [0.05, 0.1) is 11.9 Å². The van der Waals surface area contributed by atoms with Gasteiger partial charge in [-0.2, -0.15) is 19.6 Å². The molecule has 4 heterocycles. The number of nitrogens with one attached hydrogen (secondary N) is 1. The normalized spacial score (nSPS) is 16.1. The molecule has 0 aliphatic carbocycles. The Bertz CT molecular complexity index is 1270. The molecule has 1 saturated heterocycles. The Kier molecular flexibility index (Phi) is 7.41. The number of hydrogen-bond acceptors (Lipinski definition) is 7. The average Bonchev–Trinajstić information content (AvgIpc) is 3.36. The van der Waals surface area contributed by atoms with E-state index in [0.717, 1.165) is 66.2 Å². The Morgan fingerprint density at radius 2 is 1.94 bits per heavy atom. The molecule has 4 aromatic rings. The van der Waals surface area contributed by atoms with E-state index in [2.05, 4.69) is 58.4 Å². The van der Waals surface area contributed by atoms with Gasteiger partial charge in [-0.25, -0.2) is 0 Å². The second kappa shape index (κ2) is 11.0. The highest BCUT2D eigenvalue weighted by molar-refractivity contribution is 5.59. The van der Waals surface area contributed by atoms with Gasteiger partial charge in [-0.15, -0.1) is 0 Å². The maximum Gasteiger partial charge on any atom is 0.230 e. The minimum absolute atomic E-state index is 0.219. The number of piperidine rings is 1. The Labute approximate surface area is 212 Å². The summed E-state index contributed by atoms with van der Waals surface area (Å²) in [6.45, 7) is 6.11. The molecule has 1 aliphatic rings. The zero-order valence-electron chi connectivity index (χ0n) is 21.1. The first-order valence-electron chi connectivity index (χ1n) is 13.0. The van der Waals surface area contributed by atoms with E-state index in [1.807, 2.05) is 35.1 Å². The van der Waals surface area contributed by atoms with Crippen molar-refractivity contribution in [1.82, 2.24) is 24.6 Å². The average molecular weight is 486 g/mol. The van der Waals surface area contributed by atoms with Crippen molar-refractivity contribution in [3.63, 3.8) is 0 Å². The van der Waals surface area contributed by atoms with E-state index in [1.54, 1.807) is 0 Å². The summed E-state index contributed by atoms with van der Waals surface area (Å²) < 4.78 is 1.83. The number of fused-ring (bicyclic) bond motifs is 1. The van der Waals surface area contributed by atoms with Gasteiger partial charge in [-0.05, 0) is 55.7 Å². The summed E-state index contributed by atoms with van der Waals surface area (Å²) in [6.07, 6.45) is 8.92. The van der Waals surface area contributed by atoms with E-state index in [-0.39, 0.29) is 6.61 Å². The fourth-order valence-electron chi connectivity index (χ4n) is 4.93. The van der Waals surface area contributed by atoms with Gasteiger partial charge in [0.1, 0.15) is 0 Å². The minimum atomic E-state index is 0.219. The SMILES string of the molecule is CC(C)c1cnn2c(NCc3ccc(-c4ccccn4)cc3)nc(N3CCCCC3CCCO)nc12. The molecule has 8 heteroatoms. The first-order valence-corrected chi connectivity index (χ1v) is 13.0.